The topological polar surface area (TPSA) is 55.5 Å². The highest BCUT2D eigenvalue weighted by molar-refractivity contribution is 9.10. The van der Waals surface area contributed by atoms with Gasteiger partial charge in [-0.1, -0.05) is 36.7 Å². The molecule has 0 radical (unpaired) electrons. The van der Waals surface area contributed by atoms with Crippen LogP contribution >= 0.6 is 15.9 Å². The van der Waals surface area contributed by atoms with Crippen LogP contribution in [0.25, 0.3) is 0 Å². The number of aliphatic hydroxyl groups is 1. The number of hydrogen-bond acceptors (Lipinski definition) is 3. The molecule has 0 saturated heterocycles. The van der Waals surface area contributed by atoms with Crippen LogP contribution in [0.2, 0.25) is 0 Å². The lowest BCUT2D eigenvalue weighted by atomic mass is 9.84. The molecule has 3 N–H and O–H groups in total. The summed E-state index contributed by atoms with van der Waals surface area (Å²) in [6, 6.07) is 3.50. The van der Waals surface area contributed by atoms with Crippen LogP contribution in [0, 0.1) is 0 Å². The average Bonchev–Trinajstić information content (AvgIpc) is 2.25. The second-order valence-electron chi connectivity index (χ2n) is 5.11. The van der Waals surface area contributed by atoms with Crippen molar-refractivity contribution in [3.05, 3.63) is 27.7 Å². The first-order chi connectivity index (χ1) is 7.81. The fourth-order valence-corrected chi connectivity index (χ4v) is 2.25. The fraction of sp³-hybridized carbons (Fsp3) is 0.538. The summed E-state index contributed by atoms with van der Waals surface area (Å²) in [6.45, 7) is 6.25. The van der Waals surface area contributed by atoms with Crippen LogP contribution in [0.3, 0.4) is 0 Å². The zero-order valence-corrected chi connectivity index (χ0v) is 12.3. The molecule has 96 valence electrons. The number of benzene rings is 1. The SMILES string of the molecule is COc1c(C(N)CO)cc(Br)cc1C(C)(C)C. The quantitative estimate of drug-likeness (QED) is 0.902. The lowest BCUT2D eigenvalue weighted by molar-refractivity contribution is 0.264. The highest BCUT2D eigenvalue weighted by Gasteiger charge is 2.24. The summed E-state index contributed by atoms with van der Waals surface area (Å²) in [5.74, 6) is 0.766. The van der Waals surface area contributed by atoms with Crippen LogP contribution < -0.4 is 10.5 Å². The van der Waals surface area contributed by atoms with Crippen LogP contribution in [0.4, 0.5) is 0 Å². The van der Waals surface area contributed by atoms with Crippen LogP contribution in [-0.2, 0) is 5.41 Å². The summed E-state index contributed by atoms with van der Waals surface area (Å²) in [4.78, 5) is 0. The third kappa shape index (κ3) is 3.21. The first-order valence-corrected chi connectivity index (χ1v) is 6.35. The Hall–Kier alpha value is -0.580. The molecule has 0 fully saturated rings. The Morgan fingerprint density at radius 1 is 1.41 bits per heavy atom. The van der Waals surface area contributed by atoms with E-state index in [-0.39, 0.29) is 12.0 Å². The van der Waals surface area contributed by atoms with E-state index in [9.17, 15) is 5.11 Å². The number of rotatable bonds is 3. The average molecular weight is 302 g/mol. The molecule has 4 heteroatoms. The monoisotopic (exact) mass is 301 g/mol. The lowest BCUT2D eigenvalue weighted by Crippen LogP contribution is -2.19. The first-order valence-electron chi connectivity index (χ1n) is 5.55. The third-order valence-electron chi connectivity index (χ3n) is 2.69. The van der Waals surface area contributed by atoms with Gasteiger partial charge in [0, 0.05) is 15.6 Å². The van der Waals surface area contributed by atoms with Crippen molar-refractivity contribution in [3.63, 3.8) is 0 Å². The predicted octanol–water partition coefficient (Wildman–Crippen LogP) is 2.75. The van der Waals surface area contributed by atoms with E-state index in [1.165, 1.54) is 0 Å². The molecule has 1 aromatic carbocycles. The number of halogens is 1. The minimum Gasteiger partial charge on any atom is -0.496 e. The number of nitrogens with two attached hydrogens (primary N) is 1. The van der Waals surface area contributed by atoms with Gasteiger partial charge in [-0.25, -0.2) is 0 Å². The fourth-order valence-electron chi connectivity index (χ4n) is 1.77. The van der Waals surface area contributed by atoms with Crippen molar-refractivity contribution in [3.8, 4) is 5.75 Å². The number of hydrogen-bond donors (Lipinski definition) is 2. The standard InChI is InChI=1S/C13H20BrNO2/c1-13(2,3)10-6-8(14)5-9(11(15)7-16)12(10)17-4/h5-6,11,16H,7,15H2,1-4H3. The van der Waals surface area contributed by atoms with E-state index >= 15 is 0 Å². The minimum absolute atomic E-state index is 0.0426. The summed E-state index contributed by atoms with van der Waals surface area (Å²) >= 11 is 3.47. The highest BCUT2D eigenvalue weighted by atomic mass is 79.9. The molecule has 0 amide bonds. The Labute approximate surface area is 111 Å². The van der Waals surface area contributed by atoms with E-state index in [1.807, 2.05) is 12.1 Å². The molecule has 0 aliphatic rings. The van der Waals surface area contributed by atoms with Gasteiger partial charge in [-0.05, 0) is 17.5 Å². The molecule has 0 spiro atoms. The Morgan fingerprint density at radius 3 is 2.41 bits per heavy atom. The molecule has 3 nitrogen and oxygen atoms in total. The highest BCUT2D eigenvalue weighted by Crippen LogP contribution is 2.38. The molecule has 1 atom stereocenters. The number of aliphatic hydroxyl groups excluding tert-OH is 1. The Bertz CT molecular complexity index is 399. The van der Waals surface area contributed by atoms with Gasteiger partial charge in [0.2, 0.25) is 0 Å². The molecule has 0 heterocycles. The van der Waals surface area contributed by atoms with Gasteiger partial charge >= 0.3 is 0 Å². The zero-order chi connectivity index (χ0) is 13.2. The van der Waals surface area contributed by atoms with Gasteiger partial charge in [-0.3, -0.25) is 0 Å². The van der Waals surface area contributed by atoms with Crippen LogP contribution in [0.1, 0.15) is 37.9 Å². The minimum atomic E-state index is -0.427. The van der Waals surface area contributed by atoms with Gasteiger partial charge in [0.05, 0.1) is 19.8 Å². The van der Waals surface area contributed by atoms with Crippen LogP contribution in [-0.4, -0.2) is 18.8 Å². The van der Waals surface area contributed by atoms with E-state index in [2.05, 4.69) is 36.7 Å². The Balaban J connectivity index is 3.46. The summed E-state index contributed by atoms with van der Waals surface area (Å²) in [5.41, 5.74) is 7.76. The van der Waals surface area contributed by atoms with Gasteiger partial charge in [0.15, 0.2) is 0 Å². The molecule has 17 heavy (non-hydrogen) atoms. The second kappa shape index (κ2) is 5.38. The normalized spacial score (nSPS) is 13.6. The Kier molecular flexibility index (Phi) is 4.58. The van der Waals surface area contributed by atoms with Crippen LogP contribution in [0.5, 0.6) is 5.75 Å². The summed E-state index contributed by atoms with van der Waals surface area (Å²) in [7, 11) is 1.63. The molecule has 1 unspecified atom stereocenters. The van der Waals surface area contributed by atoms with Gasteiger partial charge in [0.25, 0.3) is 0 Å². The molecule has 1 aromatic rings. The summed E-state index contributed by atoms with van der Waals surface area (Å²) < 4.78 is 6.42. The lowest BCUT2D eigenvalue weighted by Gasteiger charge is -2.26. The molecule has 0 bridgehead atoms. The number of ether oxygens (including phenoxy) is 1. The smallest absolute Gasteiger partial charge is 0.127 e. The van der Waals surface area contributed by atoms with Crippen molar-refractivity contribution in [1.29, 1.82) is 0 Å². The van der Waals surface area contributed by atoms with Crippen molar-refractivity contribution in [2.75, 3.05) is 13.7 Å². The largest absolute Gasteiger partial charge is 0.496 e. The van der Waals surface area contributed by atoms with Crippen molar-refractivity contribution in [2.45, 2.75) is 32.2 Å². The summed E-state index contributed by atoms with van der Waals surface area (Å²) in [5, 5.41) is 9.20. The van der Waals surface area contributed by atoms with Gasteiger partial charge in [-0.15, -0.1) is 0 Å². The molecular formula is C13H20BrNO2. The molecule has 0 aromatic heterocycles. The van der Waals surface area contributed by atoms with Crippen molar-refractivity contribution >= 4 is 15.9 Å². The zero-order valence-electron chi connectivity index (χ0n) is 10.7. The van der Waals surface area contributed by atoms with Gasteiger partial charge < -0.3 is 15.6 Å². The second-order valence-corrected chi connectivity index (χ2v) is 6.03. The molecular weight excluding hydrogens is 282 g/mol. The predicted molar refractivity (Wildman–Crippen MR) is 73.4 cm³/mol. The van der Waals surface area contributed by atoms with E-state index in [0.29, 0.717) is 0 Å². The maximum Gasteiger partial charge on any atom is 0.127 e. The first kappa shape index (κ1) is 14.5. The van der Waals surface area contributed by atoms with Gasteiger partial charge in [-0.2, -0.15) is 0 Å². The molecule has 1 rings (SSSR count). The van der Waals surface area contributed by atoms with Gasteiger partial charge in [0.1, 0.15) is 5.75 Å². The van der Waals surface area contributed by atoms with E-state index in [4.69, 9.17) is 10.5 Å². The maximum atomic E-state index is 9.20. The molecule has 0 aliphatic carbocycles. The molecule has 0 saturated carbocycles. The maximum absolute atomic E-state index is 9.20. The van der Waals surface area contributed by atoms with Crippen molar-refractivity contribution in [1.82, 2.24) is 0 Å². The van der Waals surface area contributed by atoms with Crippen LogP contribution in [0.15, 0.2) is 16.6 Å². The van der Waals surface area contributed by atoms with Crippen molar-refractivity contribution in [2.24, 2.45) is 5.73 Å². The summed E-state index contributed by atoms with van der Waals surface area (Å²) in [6.07, 6.45) is 0. The number of methoxy groups -OCH3 is 1. The van der Waals surface area contributed by atoms with Crippen molar-refractivity contribution < 1.29 is 9.84 Å². The van der Waals surface area contributed by atoms with E-state index in [1.54, 1.807) is 7.11 Å². The third-order valence-corrected chi connectivity index (χ3v) is 3.15. The van der Waals surface area contributed by atoms with E-state index < -0.39 is 6.04 Å². The van der Waals surface area contributed by atoms with E-state index in [0.717, 1.165) is 21.3 Å². The Morgan fingerprint density at radius 2 is 2.00 bits per heavy atom. The molecule has 0 aliphatic heterocycles.